The molecule has 0 aliphatic carbocycles. The van der Waals surface area contributed by atoms with E-state index in [4.69, 9.17) is 11.6 Å². The summed E-state index contributed by atoms with van der Waals surface area (Å²) in [7, 11) is -3.83. The van der Waals surface area contributed by atoms with Crippen LogP contribution in [0, 0.1) is 0 Å². The predicted octanol–water partition coefficient (Wildman–Crippen LogP) is 2.73. The Hall–Kier alpha value is -0.630. The molecule has 5 nitrogen and oxygen atoms in total. The lowest BCUT2D eigenvalue weighted by Gasteiger charge is -2.31. The maximum Gasteiger partial charge on any atom is 0.322 e. The number of hydrogen-bond donors (Lipinski definition) is 1. The SMILES string of the molecule is O=C(O)C1CCCCN1S(=O)(=O)c1ccc(Cl)c(Br)c1. The third kappa shape index (κ3) is 3.00. The van der Waals surface area contributed by atoms with Gasteiger partial charge in [-0.2, -0.15) is 4.31 Å². The molecular weight excluding hydrogens is 370 g/mol. The van der Waals surface area contributed by atoms with E-state index in [1.165, 1.54) is 18.2 Å². The number of carbonyl (C=O) groups is 1. The zero-order valence-electron chi connectivity index (χ0n) is 10.4. The summed E-state index contributed by atoms with van der Waals surface area (Å²) in [6, 6.07) is 3.25. The highest BCUT2D eigenvalue weighted by atomic mass is 79.9. The molecule has 0 aromatic heterocycles. The van der Waals surface area contributed by atoms with Crippen LogP contribution in [-0.4, -0.2) is 36.4 Å². The Labute approximate surface area is 130 Å². The van der Waals surface area contributed by atoms with Crippen LogP contribution in [0.5, 0.6) is 0 Å². The summed E-state index contributed by atoms with van der Waals surface area (Å²) in [5, 5.41) is 9.58. The van der Waals surface area contributed by atoms with E-state index in [2.05, 4.69) is 15.9 Å². The van der Waals surface area contributed by atoms with E-state index >= 15 is 0 Å². The van der Waals surface area contributed by atoms with Gasteiger partial charge in [-0.3, -0.25) is 4.79 Å². The van der Waals surface area contributed by atoms with Gasteiger partial charge in [0.05, 0.1) is 9.92 Å². The number of benzene rings is 1. The molecule has 0 bridgehead atoms. The molecule has 1 fully saturated rings. The molecule has 20 heavy (non-hydrogen) atoms. The number of hydrogen-bond acceptors (Lipinski definition) is 3. The van der Waals surface area contributed by atoms with Crippen molar-refractivity contribution >= 4 is 43.5 Å². The molecule has 1 aliphatic rings. The zero-order chi connectivity index (χ0) is 14.9. The maximum absolute atomic E-state index is 12.6. The first-order valence-corrected chi connectivity index (χ1v) is 8.65. The van der Waals surface area contributed by atoms with Crippen molar-refractivity contribution in [1.29, 1.82) is 0 Å². The minimum atomic E-state index is -3.83. The number of sulfonamides is 1. The van der Waals surface area contributed by atoms with Gasteiger partial charge in [0.25, 0.3) is 0 Å². The van der Waals surface area contributed by atoms with Gasteiger partial charge < -0.3 is 5.11 Å². The van der Waals surface area contributed by atoms with Crippen LogP contribution in [0.4, 0.5) is 0 Å². The average molecular weight is 383 g/mol. The van der Waals surface area contributed by atoms with Crippen molar-refractivity contribution in [3.8, 4) is 0 Å². The molecule has 1 atom stereocenters. The Kier molecular flexibility index (Phi) is 4.73. The summed E-state index contributed by atoms with van der Waals surface area (Å²) in [6.45, 7) is 0.222. The number of rotatable bonds is 3. The maximum atomic E-state index is 12.6. The summed E-state index contributed by atoms with van der Waals surface area (Å²) in [6.07, 6.45) is 1.72. The minimum absolute atomic E-state index is 0.0434. The summed E-state index contributed by atoms with van der Waals surface area (Å²) >= 11 is 9.02. The molecule has 0 spiro atoms. The lowest BCUT2D eigenvalue weighted by Crippen LogP contribution is -2.47. The lowest BCUT2D eigenvalue weighted by molar-refractivity contribution is -0.142. The molecule has 1 N–H and O–H groups in total. The number of halogens is 2. The van der Waals surface area contributed by atoms with E-state index in [9.17, 15) is 18.3 Å². The van der Waals surface area contributed by atoms with Crippen molar-refractivity contribution in [2.75, 3.05) is 6.54 Å². The highest BCUT2D eigenvalue weighted by Crippen LogP contribution is 2.30. The second-order valence-electron chi connectivity index (χ2n) is 4.54. The standard InChI is InChI=1S/C12H13BrClNO4S/c13-9-7-8(4-5-10(9)14)20(18,19)15-6-2-1-3-11(15)12(16)17/h4-5,7,11H,1-3,6H2,(H,16,17). The van der Waals surface area contributed by atoms with E-state index in [1.54, 1.807) is 0 Å². The van der Waals surface area contributed by atoms with E-state index in [0.717, 1.165) is 4.31 Å². The van der Waals surface area contributed by atoms with Crippen molar-refractivity contribution in [3.05, 3.63) is 27.7 Å². The summed E-state index contributed by atoms with van der Waals surface area (Å²) < 4.78 is 26.7. The molecule has 1 saturated heterocycles. The van der Waals surface area contributed by atoms with Gasteiger partial charge in [0, 0.05) is 11.0 Å². The first-order valence-electron chi connectivity index (χ1n) is 6.04. The molecule has 0 saturated carbocycles. The summed E-state index contributed by atoms with van der Waals surface area (Å²) in [4.78, 5) is 11.3. The lowest BCUT2D eigenvalue weighted by atomic mass is 10.1. The molecule has 1 aromatic carbocycles. The molecule has 0 radical (unpaired) electrons. The number of piperidine rings is 1. The smallest absolute Gasteiger partial charge is 0.322 e. The van der Waals surface area contributed by atoms with Crippen LogP contribution in [0.25, 0.3) is 0 Å². The van der Waals surface area contributed by atoms with Gasteiger partial charge in [-0.15, -0.1) is 0 Å². The van der Waals surface area contributed by atoms with Gasteiger partial charge >= 0.3 is 5.97 Å². The van der Waals surface area contributed by atoms with Crippen molar-refractivity contribution in [2.24, 2.45) is 0 Å². The monoisotopic (exact) mass is 381 g/mol. The highest BCUT2D eigenvalue weighted by molar-refractivity contribution is 9.10. The van der Waals surface area contributed by atoms with Crippen molar-refractivity contribution in [3.63, 3.8) is 0 Å². The van der Waals surface area contributed by atoms with Gasteiger partial charge in [0.2, 0.25) is 10.0 Å². The van der Waals surface area contributed by atoms with Gasteiger partial charge in [0.15, 0.2) is 0 Å². The molecule has 1 aliphatic heterocycles. The molecule has 1 unspecified atom stereocenters. The Morgan fingerprint density at radius 1 is 1.40 bits per heavy atom. The third-order valence-electron chi connectivity index (χ3n) is 3.24. The topological polar surface area (TPSA) is 74.7 Å². The van der Waals surface area contributed by atoms with Gasteiger partial charge in [-0.1, -0.05) is 11.6 Å². The Morgan fingerprint density at radius 2 is 2.10 bits per heavy atom. The quantitative estimate of drug-likeness (QED) is 0.872. The second kappa shape index (κ2) is 6.01. The van der Waals surface area contributed by atoms with E-state index in [0.29, 0.717) is 28.8 Å². The van der Waals surface area contributed by atoms with Gasteiger partial charge in [-0.25, -0.2) is 8.42 Å². The number of carboxylic acids is 1. The first kappa shape index (κ1) is 15.8. The molecule has 110 valence electrons. The molecular formula is C12H13BrClNO4S. The van der Waals surface area contributed by atoms with Gasteiger partial charge in [0.1, 0.15) is 6.04 Å². The van der Waals surface area contributed by atoms with Crippen molar-refractivity contribution < 1.29 is 18.3 Å². The third-order valence-corrected chi connectivity index (χ3v) is 6.35. The van der Waals surface area contributed by atoms with Crippen molar-refractivity contribution in [2.45, 2.75) is 30.2 Å². The van der Waals surface area contributed by atoms with Gasteiger partial charge in [-0.05, 0) is 53.4 Å². The van der Waals surface area contributed by atoms with Crippen LogP contribution < -0.4 is 0 Å². The summed E-state index contributed by atoms with van der Waals surface area (Å²) in [5.74, 6) is -1.11. The van der Waals surface area contributed by atoms with Crippen LogP contribution in [0.3, 0.4) is 0 Å². The fourth-order valence-corrected chi connectivity index (χ4v) is 4.54. The Bertz CT molecular complexity index is 634. The molecule has 0 amide bonds. The number of nitrogens with zero attached hydrogens (tertiary/aromatic N) is 1. The zero-order valence-corrected chi connectivity index (χ0v) is 13.6. The van der Waals surface area contributed by atoms with Crippen LogP contribution in [-0.2, 0) is 14.8 Å². The van der Waals surface area contributed by atoms with Crippen LogP contribution in [0.1, 0.15) is 19.3 Å². The summed E-state index contributed by atoms with van der Waals surface area (Å²) in [5.41, 5.74) is 0. The fraction of sp³-hybridized carbons (Fsp3) is 0.417. The molecule has 2 rings (SSSR count). The second-order valence-corrected chi connectivity index (χ2v) is 7.69. The van der Waals surface area contributed by atoms with Crippen LogP contribution >= 0.6 is 27.5 Å². The molecule has 8 heteroatoms. The van der Waals surface area contributed by atoms with E-state index in [1.807, 2.05) is 0 Å². The van der Waals surface area contributed by atoms with Crippen molar-refractivity contribution in [1.82, 2.24) is 4.31 Å². The minimum Gasteiger partial charge on any atom is -0.480 e. The Morgan fingerprint density at radius 3 is 2.70 bits per heavy atom. The number of carboxylic acid groups (broad SMARTS) is 1. The molecule has 1 heterocycles. The average Bonchev–Trinajstić information content (AvgIpc) is 2.41. The van der Waals surface area contributed by atoms with E-state index in [-0.39, 0.29) is 11.4 Å². The highest BCUT2D eigenvalue weighted by Gasteiger charge is 2.37. The predicted molar refractivity (Wildman–Crippen MR) is 78.3 cm³/mol. The fourth-order valence-electron chi connectivity index (χ4n) is 2.21. The normalized spacial score (nSPS) is 20.8. The van der Waals surface area contributed by atoms with Crippen LogP contribution in [0.2, 0.25) is 5.02 Å². The first-order chi connectivity index (χ1) is 9.34. The molecule has 1 aromatic rings. The largest absolute Gasteiger partial charge is 0.480 e. The van der Waals surface area contributed by atoms with E-state index < -0.39 is 22.0 Å². The Balaban J connectivity index is 2.42. The number of aliphatic carboxylic acids is 1. The van der Waals surface area contributed by atoms with Crippen LogP contribution in [0.15, 0.2) is 27.6 Å².